The Hall–Kier alpha value is -1.08. The van der Waals surface area contributed by atoms with Crippen molar-refractivity contribution in [2.45, 2.75) is 25.3 Å². The van der Waals surface area contributed by atoms with Crippen molar-refractivity contribution in [1.29, 1.82) is 0 Å². The molecule has 0 aliphatic carbocycles. The summed E-state index contributed by atoms with van der Waals surface area (Å²) in [5.74, 6) is 0.685. The first-order valence-electron chi connectivity index (χ1n) is 5.25. The molecule has 0 amide bonds. The second-order valence-electron chi connectivity index (χ2n) is 4.12. The van der Waals surface area contributed by atoms with Crippen molar-refractivity contribution in [2.75, 3.05) is 6.54 Å². The first-order valence-corrected chi connectivity index (χ1v) is 5.25. The van der Waals surface area contributed by atoms with Crippen LogP contribution in [-0.2, 0) is 0 Å². The lowest BCUT2D eigenvalue weighted by Crippen LogP contribution is -2.16. The van der Waals surface area contributed by atoms with Gasteiger partial charge in [-0.15, -0.1) is 0 Å². The van der Waals surface area contributed by atoms with Crippen molar-refractivity contribution in [3.05, 3.63) is 42.0 Å². The predicted molar refractivity (Wildman–Crippen MR) is 61.4 cm³/mol. The highest BCUT2D eigenvalue weighted by atomic mass is 14.9. The molecule has 0 aromatic heterocycles. The molecule has 2 rings (SSSR count). The number of nitrogens with one attached hydrogen (secondary N) is 1. The van der Waals surface area contributed by atoms with Gasteiger partial charge in [0.15, 0.2) is 0 Å². The van der Waals surface area contributed by atoms with Crippen molar-refractivity contribution < 1.29 is 0 Å². The minimum Gasteiger partial charge on any atom is -0.314 e. The highest BCUT2D eigenvalue weighted by molar-refractivity contribution is 5.48. The zero-order valence-electron chi connectivity index (χ0n) is 8.66. The molecular weight excluding hydrogens is 170 g/mol. The third-order valence-electron chi connectivity index (χ3n) is 2.97. The van der Waals surface area contributed by atoms with E-state index in [1.54, 1.807) is 0 Å². The number of benzene rings is 1. The summed E-state index contributed by atoms with van der Waals surface area (Å²) in [6, 6.07) is 9.35. The van der Waals surface area contributed by atoms with Crippen LogP contribution in [0.3, 0.4) is 0 Å². The maximum atomic E-state index is 3.80. The van der Waals surface area contributed by atoms with E-state index in [-0.39, 0.29) is 0 Å². The van der Waals surface area contributed by atoms with E-state index < -0.39 is 0 Å². The van der Waals surface area contributed by atoms with E-state index >= 15 is 0 Å². The lowest BCUT2D eigenvalue weighted by Gasteiger charge is -2.09. The van der Waals surface area contributed by atoms with Crippen LogP contribution in [0.5, 0.6) is 0 Å². The standard InChI is InChI=1S/C13H17N/c1-3-11-5-4-6-12(8-11)13-7-10(2)14-9-13/h3-6,8,10,13-14H,1,7,9H2,2H3. The molecule has 1 heterocycles. The van der Waals surface area contributed by atoms with Gasteiger partial charge < -0.3 is 5.32 Å². The molecule has 1 heteroatoms. The molecule has 1 nitrogen and oxygen atoms in total. The Labute approximate surface area is 85.8 Å². The fraction of sp³-hybridized carbons (Fsp3) is 0.385. The van der Waals surface area contributed by atoms with E-state index in [0.717, 1.165) is 6.54 Å². The topological polar surface area (TPSA) is 12.0 Å². The number of rotatable bonds is 2. The lowest BCUT2D eigenvalue weighted by molar-refractivity contribution is 0.658. The van der Waals surface area contributed by atoms with Crippen LogP contribution in [0.4, 0.5) is 0 Å². The lowest BCUT2D eigenvalue weighted by atomic mass is 9.95. The smallest absolute Gasteiger partial charge is 0.00452 e. The molecule has 1 saturated heterocycles. The average Bonchev–Trinajstić information content (AvgIpc) is 2.65. The minimum atomic E-state index is 0.660. The summed E-state index contributed by atoms with van der Waals surface area (Å²) in [7, 11) is 0. The molecule has 14 heavy (non-hydrogen) atoms. The summed E-state index contributed by atoms with van der Waals surface area (Å²) < 4.78 is 0. The molecule has 1 aliphatic heterocycles. The maximum Gasteiger partial charge on any atom is 0.00452 e. The average molecular weight is 187 g/mol. The molecule has 74 valence electrons. The molecule has 1 aromatic rings. The van der Waals surface area contributed by atoms with Crippen molar-refractivity contribution in [2.24, 2.45) is 0 Å². The van der Waals surface area contributed by atoms with E-state index in [9.17, 15) is 0 Å². The highest BCUT2D eigenvalue weighted by Gasteiger charge is 2.21. The third-order valence-corrected chi connectivity index (χ3v) is 2.97. The second-order valence-corrected chi connectivity index (χ2v) is 4.12. The van der Waals surface area contributed by atoms with Gasteiger partial charge in [0.1, 0.15) is 0 Å². The van der Waals surface area contributed by atoms with Gasteiger partial charge in [0.05, 0.1) is 0 Å². The van der Waals surface area contributed by atoms with Gasteiger partial charge in [0.25, 0.3) is 0 Å². The van der Waals surface area contributed by atoms with Gasteiger partial charge in [0, 0.05) is 12.6 Å². The van der Waals surface area contributed by atoms with Gasteiger partial charge >= 0.3 is 0 Å². The van der Waals surface area contributed by atoms with Gasteiger partial charge in [0.2, 0.25) is 0 Å². The van der Waals surface area contributed by atoms with Crippen LogP contribution in [0.15, 0.2) is 30.8 Å². The largest absolute Gasteiger partial charge is 0.314 e. The highest BCUT2D eigenvalue weighted by Crippen LogP contribution is 2.26. The van der Waals surface area contributed by atoms with E-state index in [1.165, 1.54) is 17.5 Å². The third kappa shape index (κ3) is 1.88. The summed E-state index contributed by atoms with van der Waals surface area (Å²) in [6.07, 6.45) is 3.16. The normalized spacial score (nSPS) is 26.4. The van der Waals surface area contributed by atoms with E-state index in [0.29, 0.717) is 12.0 Å². The molecule has 1 fully saturated rings. The van der Waals surface area contributed by atoms with Crippen LogP contribution < -0.4 is 5.32 Å². The van der Waals surface area contributed by atoms with Gasteiger partial charge in [-0.3, -0.25) is 0 Å². The number of hydrogen-bond acceptors (Lipinski definition) is 1. The Kier molecular flexibility index (Phi) is 2.69. The maximum absolute atomic E-state index is 3.80. The fourth-order valence-electron chi connectivity index (χ4n) is 2.13. The summed E-state index contributed by atoms with van der Waals surface area (Å²) in [4.78, 5) is 0. The van der Waals surface area contributed by atoms with Gasteiger partial charge in [-0.25, -0.2) is 0 Å². The van der Waals surface area contributed by atoms with Crippen molar-refractivity contribution in [1.82, 2.24) is 5.32 Å². The molecule has 1 aromatic carbocycles. The summed E-state index contributed by atoms with van der Waals surface area (Å²) in [5.41, 5.74) is 2.67. The Morgan fingerprint density at radius 3 is 3.00 bits per heavy atom. The Morgan fingerprint density at radius 2 is 2.36 bits per heavy atom. The molecular formula is C13H17N. The summed E-state index contributed by atoms with van der Waals surface area (Å²) in [5, 5.41) is 3.48. The van der Waals surface area contributed by atoms with Gasteiger partial charge in [-0.05, 0) is 30.4 Å². The van der Waals surface area contributed by atoms with Crippen LogP contribution in [0, 0.1) is 0 Å². The molecule has 2 atom stereocenters. The zero-order chi connectivity index (χ0) is 9.97. The fourth-order valence-corrected chi connectivity index (χ4v) is 2.13. The summed E-state index contributed by atoms with van der Waals surface area (Å²) >= 11 is 0. The Bertz CT molecular complexity index is 330. The Morgan fingerprint density at radius 1 is 1.50 bits per heavy atom. The zero-order valence-corrected chi connectivity index (χ0v) is 8.66. The molecule has 0 radical (unpaired) electrons. The second kappa shape index (κ2) is 3.97. The van der Waals surface area contributed by atoms with Crippen LogP contribution in [-0.4, -0.2) is 12.6 Å². The molecule has 2 unspecified atom stereocenters. The van der Waals surface area contributed by atoms with Crippen LogP contribution in [0.25, 0.3) is 6.08 Å². The van der Waals surface area contributed by atoms with E-state index in [1.807, 2.05) is 6.08 Å². The van der Waals surface area contributed by atoms with Gasteiger partial charge in [-0.1, -0.05) is 36.9 Å². The molecule has 1 N–H and O–H groups in total. The quantitative estimate of drug-likeness (QED) is 0.750. The molecule has 0 spiro atoms. The van der Waals surface area contributed by atoms with Crippen LogP contribution >= 0.6 is 0 Å². The van der Waals surface area contributed by atoms with Crippen LogP contribution in [0.2, 0.25) is 0 Å². The first-order chi connectivity index (χ1) is 6.79. The van der Waals surface area contributed by atoms with Crippen molar-refractivity contribution in [3.63, 3.8) is 0 Å². The van der Waals surface area contributed by atoms with E-state index in [4.69, 9.17) is 0 Å². The molecule has 0 saturated carbocycles. The summed E-state index contributed by atoms with van der Waals surface area (Å²) in [6.45, 7) is 7.16. The van der Waals surface area contributed by atoms with E-state index in [2.05, 4.69) is 43.1 Å². The van der Waals surface area contributed by atoms with Crippen LogP contribution in [0.1, 0.15) is 30.4 Å². The Balaban J connectivity index is 2.19. The first kappa shape index (κ1) is 9.47. The SMILES string of the molecule is C=Cc1cccc(C2CNC(C)C2)c1. The number of hydrogen-bond donors (Lipinski definition) is 1. The monoisotopic (exact) mass is 187 g/mol. The van der Waals surface area contributed by atoms with Gasteiger partial charge in [-0.2, -0.15) is 0 Å². The molecule has 0 bridgehead atoms. The van der Waals surface area contributed by atoms with Crippen molar-refractivity contribution in [3.8, 4) is 0 Å². The molecule has 1 aliphatic rings. The minimum absolute atomic E-state index is 0.660. The van der Waals surface area contributed by atoms with Crippen molar-refractivity contribution >= 4 is 6.08 Å². The predicted octanol–water partition coefficient (Wildman–Crippen LogP) is 2.80.